The third kappa shape index (κ3) is 3.56. The Morgan fingerprint density at radius 3 is 2.63 bits per heavy atom. The smallest absolute Gasteiger partial charge is 0.328 e. The number of carbonyl (C=O) groups excluding carboxylic acids is 1. The number of carbonyl (C=O) groups is 1. The van der Waals surface area contributed by atoms with Gasteiger partial charge in [0.1, 0.15) is 12.1 Å². The highest BCUT2D eigenvalue weighted by atomic mass is 16.5. The SMILES string of the molecule is O=C(Cn1nnc2ccccc2c1=O)OCc1nnc(-c2ccccc2)o1. The van der Waals surface area contributed by atoms with Crippen molar-refractivity contribution < 1.29 is 13.9 Å². The highest BCUT2D eigenvalue weighted by molar-refractivity contribution is 5.77. The summed E-state index contributed by atoms with van der Waals surface area (Å²) in [6.45, 7) is -0.565. The van der Waals surface area contributed by atoms with Gasteiger partial charge in [0.2, 0.25) is 5.89 Å². The first kappa shape index (κ1) is 16.6. The molecule has 2 aromatic heterocycles. The summed E-state index contributed by atoms with van der Waals surface area (Å²) in [6, 6.07) is 16.0. The van der Waals surface area contributed by atoms with Gasteiger partial charge in [-0.2, -0.15) is 4.68 Å². The van der Waals surface area contributed by atoms with Crippen molar-refractivity contribution in [2.75, 3.05) is 0 Å². The summed E-state index contributed by atoms with van der Waals surface area (Å²) < 4.78 is 11.5. The lowest BCUT2D eigenvalue weighted by molar-refractivity contribution is -0.146. The van der Waals surface area contributed by atoms with Crippen LogP contribution in [-0.4, -0.2) is 31.2 Å². The molecule has 0 aliphatic rings. The molecule has 0 unspecified atom stereocenters. The zero-order valence-corrected chi connectivity index (χ0v) is 14.0. The van der Waals surface area contributed by atoms with E-state index in [1.165, 1.54) is 0 Å². The van der Waals surface area contributed by atoms with Crippen LogP contribution in [0.15, 0.2) is 63.8 Å². The maximum absolute atomic E-state index is 12.3. The summed E-state index contributed by atoms with van der Waals surface area (Å²) in [6.07, 6.45) is 0. The summed E-state index contributed by atoms with van der Waals surface area (Å²) >= 11 is 0. The van der Waals surface area contributed by atoms with Gasteiger partial charge in [0.25, 0.3) is 11.4 Å². The third-order valence-corrected chi connectivity index (χ3v) is 3.75. The molecule has 0 aliphatic heterocycles. The van der Waals surface area contributed by atoms with Gasteiger partial charge >= 0.3 is 5.97 Å². The predicted molar refractivity (Wildman–Crippen MR) is 93.3 cm³/mol. The summed E-state index contributed by atoms with van der Waals surface area (Å²) in [7, 11) is 0. The van der Waals surface area contributed by atoms with E-state index in [0.717, 1.165) is 10.2 Å². The summed E-state index contributed by atoms with van der Waals surface area (Å²) in [5.74, 6) is -0.182. The highest BCUT2D eigenvalue weighted by Crippen LogP contribution is 2.17. The number of hydrogen-bond acceptors (Lipinski definition) is 8. The largest absolute Gasteiger partial charge is 0.454 e. The van der Waals surface area contributed by atoms with Crippen LogP contribution in [0.25, 0.3) is 22.4 Å². The van der Waals surface area contributed by atoms with Gasteiger partial charge in [0, 0.05) is 5.56 Å². The highest BCUT2D eigenvalue weighted by Gasteiger charge is 2.13. The number of rotatable bonds is 5. The van der Waals surface area contributed by atoms with Crippen molar-refractivity contribution in [3.05, 3.63) is 70.8 Å². The molecule has 4 rings (SSSR count). The molecule has 0 spiro atoms. The molecule has 0 N–H and O–H groups in total. The van der Waals surface area contributed by atoms with Crippen LogP contribution in [0.2, 0.25) is 0 Å². The van der Waals surface area contributed by atoms with Crippen LogP contribution in [0.4, 0.5) is 0 Å². The van der Waals surface area contributed by atoms with Gasteiger partial charge in [0.05, 0.1) is 5.39 Å². The Labute approximate surface area is 152 Å². The minimum absolute atomic E-state index is 0.152. The molecule has 9 nitrogen and oxygen atoms in total. The molecule has 0 radical (unpaired) electrons. The topological polar surface area (TPSA) is 113 Å². The van der Waals surface area contributed by atoms with E-state index in [1.807, 2.05) is 30.3 Å². The zero-order chi connectivity index (χ0) is 18.6. The standard InChI is InChI=1S/C18H13N5O4/c24-16(10-23-18(25)13-8-4-5-9-14(13)19-22-23)26-11-15-20-21-17(27-15)12-6-2-1-3-7-12/h1-9H,10-11H2. The average Bonchev–Trinajstić information content (AvgIpc) is 3.19. The molecular weight excluding hydrogens is 350 g/mol. The minimum atomic E-state index is -0.666. The van der Waals surface area contributed by atoms with Crippen molar-refractivity contribution in [1.29, 1.82) is 0 Å². The van der Waals surface area contributed by atoms with E-state index in [0.29, 0.717) is 16.8 Å². The van der Waals surface area contributed by atoms with Gasteiger partial charge < -0.3 is 9.15 Å². The second-order valence-corrected chi connectivity index (χ2v) is 5.60. The van der Waals surface area contributed by atoms with E-state index in [4.69, 9.17) is 9.15 Å². The van der Waals surface area contributed by atoms with Gasteiger partial charge in [-0.05, 0) is 24.3 Å². The number of aromatic nitrogens is 5. The number of nitrogens with zero attached hydrogens (tertiary/aromatic N) is 5. The number of fused-ring (bicyclic) bond motifs is 1. The van der Waals surface area contributed by atoms with E-state index in [9.17, 15) is 9.59 Å². The molecule has 0 saturated carbocycles. The van der Waals surface area contributed by atoms with E-state index in [2.05, 4.69) is 20.5 Å². The minimum Gasteiger partial charge on any atom is -0.454 e. The fourth-order valence-electron chi connectivity index (χ4n) is 2.45. The number of ether oxygens (including phenoxy) is 1. The molecular formula is C18H13N5O4. The second-order valence-electron chi connectivity index (χ2n) is 5.60. The van der Waals surface area contributed by atoms with Gasteiger partial charge in [0.15, 0.2) is 6.61 Å². The molecule has 0 aliphatic carbocycles. The molecule has 2 heterocycles. The molecule has 0 bridgehead atoms. The van der Waals surface area contributed by atoms with E-state index < -0.39 is 11.5 Å². The lowest BCUT2D eigenvalue weighted by Crippen LogP contribution is -2.28. The van der Waals surface area contributed by atoms with Gasteiger partial charge in [-0.15, -0.1) is 15.3 Å². The molecule has 134 valence electrons. The van der Waals surface area contributed by atoms with Gasteiger partial charge in [-0.3, -0.25) is 9.59 Å². The lowest BCUT2D eigenvalue weighted by atomic mass is 10.2. The van der Waals surface area contributed by atoms with Crippen LogP contribution >= 0.6 is 0 Å². The van der Waals surface area contributed by atoms with Crippen molar-refractivity contribution in [2.45, 2.75) is 13.2 Å². The van der Waals surface area contributed by atoms with Crippen molar-refractivity contribution in [3.63, 3.8) is 0 Å². The number of esters is 1. The average molecular weight is 363 g/mol. The Morgan fingerprint density at radius 1 is 1.00 bits per heavy atom. The third-order valence-electron chi connectivity index (χ3n) is 3.75. The first-order chi connectivity index (χ1) is 13.2. The predicted octanol–water partition coefficient (Wildman–Crippen LogP) is 1.58. The van der Waals surface area contributed by atoms with Crippen molar-refractivity contribution in [2.24, 2.45) is 0 Å². The van der Waals surface area contributed by atoms with E-state index >= 15 is 0 Å². The number of hydrogen-bond donors (Lipinski definition) is 0. The summed E-state index contributed by atoms with van der Waals surface area (Å²) in [5.41, 5.74) is 0.814. The van der Waals surface area contributed by atoms with Crippen molar-refractivity contribution >= 4 is 16.9 Å². The summed E-state index contributed by atoms with van der Waals surface area (Å²) in [5, 5.41) is 15.8. The van der Waals surface area contributed by atoms with Gasteiger partial charge in [-0.1, -0.05) is 35.5 Å². The monoisotopic (exact) mass is 363 g/mol. The maximum atomic E-state index is 12.3. The number of benzene rings is 2. The Morgan fingerprint density at radius 2 is 1.78 bits per heavy atom. The Hall–Kier alpha value is -3.88. The molecule has 27 heavy (non-hydrogen) atoms. The van der Waals surface area contributed by atoms with Crippen LogP contribution in [0.1, 0.15) is 5.89 Å². The van der Waals surface area contributed by atoms with Crippen LogP contribution in [0.3, 0.4) is 0 Å². The molecule has 4 aromatic rings. The lowest BCUT2D eigenvalue weighted by Gasteiger charge is -2.04. The zero-order valence-electron chi connectivity index (χ0n) is 14.0. The normalized spacial score (nSPS) is 10.8. The Kier molecular flexibility index (Phi) is 4.40. The van der Waals surface area contributed by atoms with E-state index in [1.54, 1.807) is 24.3 Å². The first-order valence-corrected chi connectivity index (χ1v) is 8.07. The molecule has 0 fully saturated rings. The quantitative estimate of drug-likeness (QED) is 0.491. The van der Waals surface area contributed by atoms with Crippen LogP contribution in [-0.2, 0) is 22.7 Å². The Bertz CT molecular complexity index is 1150. The van der Waals surface area contributed by atoms with Crippen LogP contribution in [0.5, 0.6) is 0 Å². The summed E-state index contributed by atoms with van der Waals surface area (Å²) in [4.78, 5) is 24.3. The molecule has 0 amide bonds. The van der Waals surface area contributed by atoms with Crippen LogP contribution < -0.4 is 5.56 Å². The van der Waals surface area contributed by atoms with E-state index in [-0.39, 0.29) is 19.0 Å². The molecule has 9 heteroatoms. The Balaban J connectivity index is 1.41. The van der Waals surface area contributed by atoms with Gasteiger partial charge in [-0.25, -0.2) is 0 Å². The molecule has 0 atom stereocenters. The van der Waals surface area contributed by atoms with Crippen molar-refractivity contribution in [1.82, 2.24) is 25.2 Å². The second kappa shape index (κ2) is 7.16. The first-order valence-electron chi connectivity index (χ1n) is 8.07. The fourth-order valence-corrected chi connectivity index (χ4v) is 2.45. The fraction of sp³-hybridized carbons (Fsp3) is 0.111. The van der Waals surface area contributed by atoms with Crippen LogP contribution in [0, 0.1) is 0 Å². The molecule has 0 saturated heterocycles. The maximum Gasteiger partial charge on any atom is 0.328 e. The molecule has 2 aromatic carbocycles. The van der Waals surface area contributed by atoms with Crippen molar-refractivity contribution in [3.8, 4) is 11.5 Å².